The Morgan fingerprint density at radius 3 is 2.69 bits per heavy atom. The minimum Gasteiger partial charge on any atom is -0.508 e. The number of phenols is 1. The Balaban J connectivity index is 1.99. The number of aromatic amines is 2. The molecular weight excluding hydrogens is 226 g/mol. The van der Waals surface area contributed by atoms with Crippen LogP contribution in [0.5, 0.6) is 5.75 Å². The van der Waals surface area contributed by atoms with E-state index in [9.17, 15) is 0 Å². The van der Waals surface area contributed by atoms with Crippen LogP contribution in [0.15, 0.2) is 29.4 Å². The Morgan fingerprint density at radius 1 is 1.31 bits per heavy atom. The van der Waals surface area contributed by atoms with Crippen LogP contribution >= 0.6 is 12.2 Å². The van der Waals surface area contributed by atoms with Crippen LogP contribution in [0, 0.1) is 4.77 Å². The number of anilines is 1. The summed E-state index contributed by atoms with van der Waals surface area (Å²) in [7, 11) is 0. The fourth-order valence-electron chi connectivity index (χ4n) is 1.05. The predicted octanol–water partition coefficient (Wildman–Crippen LogP) is 1.62. The molecule has 0 amide bonds. The molecule has 82 valence electrons. The van der Waals surface area contributed by atoms with Gasteiger partial charge in [0.2, 0.25) is 10.7 Å². The molecule has 1 aromatic carbocycles. The van der Waals surface area contributed by atoms with Gasteiger partial charge in [-0.1, -0.05) is 0 Å². The number of hydrazone groups is 1. The number of rotatable bonds is 3. The zero-order valence-electron chi connectivity index (χ0n) is 8.14. The molecule has 0 aliphatic rings. The topological polar surface area (TPSA) is 89.1 Å². The van der Waals surface area contributed by atoms with E-state index in [1.807, 2.05) is 0 Å². The maximum absolute atomic E-state index is 9.07. The highest BCUT2D eigenvalue weighted by Gasteiger charge is 1.91. The van der Waals surface area contributed by atoms with Crippen molar-refractivity contribution in [2.45, 2.75) is 0 Å². The first-order valence-electron chi connectivity index (χ1n) is 4.47. The third kappa shape index (κ3) is 2.67. The normalized spacial score (nSPS) is 10.8. The molecule has 0 atom stereocenters. The molecule has 1 heterocycles. The quantitative estimate of drug-likeness (QED) is 0.370. The summed E-state index contributed by atoms with van der Waals surface area (Å²) in [6.07, 6.45) is 1.60. The van der Waals surface area contributed by atoms with Gasteiger partial charge in [0.25, 0.3) is 0 Å². The molecule has 2 rings (SSSR count). The molecule has 7 heteroatoms. The molecule has 4 N–H and O–H groups in total. The monoisotopic (exact) mass is 235 g/mol. The van der Waals surface area contributed by atoms with Gasteiger partial charge in [0.15, 0.2) is 0 Å². The Morgan fingerprint density at radius 2 is 2.06 bits per heavy atom. The van der Waals surface area contributed by atoms with Gasteiger partial charge in [-0.05, 0) is 42.0 Å². The van der Waals surface area contributed by atoms with Crippen molar-refractivity contribution in [3.05, 3.63) is 34.6 Å². The number of aromatic hydroxyl groups is 1. The highest BCUT2D eigenvalue weighted by atomic mass is 32.1. The van der Waals surface area contributed by atoms with Gasteiger partial charge in [-0.2, -0.15) is 10.1 Å². The van der Waals surface area contributed by atoms with Crippen molar-refractivity contribution in [1.82, 2.24) is 15.2 Å². The van der Waals surface area contributed by atoms with Crippen LogP contribution in [0.1, 0.15) is 5.56 Å². The van der Waals surface area contributed by atoms with Crippen molar-refractivity contribution in [2.24, 2.45) is 5.10 Å². The summed E-state index contributed by atoms with van der Waals surface area (Å²) in [5, 5.41) is 18.3. The van der Waals surface area contributed by atoms with Crippen LogP contribution in [0.2, 0.25) is 0 Å². The van der Waals surface area contributed by atoms with E-state index in [0.29, 0.717) is 10.7 Å². The lowest BCUT2D eigenvalue weighted by Crippen LogP contribution is -1.92. The number of nitrogens with zero attached hydrogens (tertiary/aromatic N) is 2. The number of phenolic OH excluding ortho intramolecular Hbond substituents is 1. The standard InChI is InChI=1S/C9H9N5OS/c15-7-3-1-6(2-4-7)5-10-12-8-11-9(16)14-13-8/h1-5,15H,(H3,11,12,13,14,16)/b10-5+. The Labute approximate surface area is 96.0 Å². The first-order chi connectivity index (χ1) is 7.74. The molecule has 0 spiro atoms. The van der Waals surface area contributed by atoms with Crippen molar-refractivity contribution in [3.63, 3.8) is 0 Å². The van der Waals surface area contributed by atoms with E-state index in [-0.39, 0.29) is 5.75 Å². The number of benzene rings is 1. The maximum atomic E-state index is 9.07. The van der Waals surface area contributed by atoms with Crippen molar-refractivity contribution < 1.29 is 5.11 Å². The minimum atomic E-state index is 0.224. The summed E-state index contributed by atoms with van der Waals surface area (Å²) in [6.45, 7) is 0. The number of hydrogen-bond donors (Lipinski definition) is 4. The molecule has 0 aliphatic carbocycles. The molecular formula is C9H9N5OS. The lowest BCUT2D eigenvalue weighted by molar-refractivity contribution is 0.475. The van der Waals surface area contributed by atoms with E-state index in [1.54, 1.807) is 30.5 Å². The Kier molecular flexibility index (Phi) is 2.97. The zero-order chi connectivity index (χ0) is 11.4. The molecule has 0 unspecified atom stereocenters. The van der Waals surface area contributed by atoms with Gasteiger partial charge in [0, 0.05) is 0 Å². The van der Waals surface area contributed by atoms with Crippen molar-refractivity contribution >= 4 is 24.4 Å². The molecule has 16 heavy (non-hydrogen) atoms. The lowest BCUT2D eigenvalue weighted by Gasteiger charge is -1.94. The van der Waals surface area contributed by atoms with Gasteiger partial charge in [0.05, 0.1) is 6.21 Å². The average molecular weight is 235 g/mol. The minimum absolute atomic E-state index is 0.224. The molecule has 0 saturated heterocycles. The van der Waals surface area contributed by atoms with Crippen LogP contribution < -0.4 is 5.43 Å². The van der Waals surface area contributed by atoms with E-state index in [0.717, 1.165) is 5.56 Å². The highest BCUT2D eigenvalue weighted by molar-refractivity contribution is 7.71. The fourth-order valence-corrected chi connectivity index (χ4v) is 1.19. The molecule has 6 nitrogen and oxygen atoms in total. The van der Waals surface area contributed by atoms with Crippen LogP contribution in [0.3, 0.4) is 0 Å². The summed E-state index contributed by atoms with van der Waals surface area (Å²) < 4.78 is 0.363. The third-order valence-electron chi connectivity index (χ3n) is 1.78. The van der Waals surface area contributed by atoms with Gasteiger partial charge >= 0.3 is 0 Å². The largest absolute Gasteiger partial charge is 0.508 e. The van der Waals surface area contributed by atoms with E-state index in [1.165, 1.54) is 0 Å². The van der Waals surface area contributed by atoms with Gasteiger partial charge in [-0.15, -0.1) is 0 Å². The molecule has 0 aliphatic heterocycles. The van der Waals surface area contributed by atoms with E-state index < -0.39 is 0 Å². The second kappa shape index (κ2) is 4.58. The van der Waals surface area contributed by atoms with Gasteiger partial charge in [-0.3, -0.25) is 10.2 Å². The van der Waals surface area contributed by atoms with Gasteiger partial charge in [0.1, 0.15) is 5.75 Å². The Bertz CT molecular complexity index is 542. The highest BCUT2D eigenvalue weighted by Crippen LogP contribution is 2.07. The molecule has 2 aromatic rings. The number of hydrogen-bond acceptors (Lipinski definition) is 5. The molecule has 0 saturated carbocycles. The van der Waals surface area contributed by atoms with Crippen molar-refractivity contribution in [1.29, 1.82) is 0 Å². The second-order valence-corrected chi connectivity index (χ2v) is 3.36. The summed E-state index contributed by atoms with van der Waals surface area (Å²) in [5.74, 6) is 0.668. The van der Waals surface area contributed by atoms with E-state index >= 15 is 0 Å². The predicted molar refractivity (Wildman–Crippen MR) is 63.1 cm³/mol. The first-order valence-corrected chi connectivity index (χ1v) is 4.88. The maximum Gasteiger partial charge on any atom is 0.238 e. The van der Waals surface area contributed by atoms with Crippen LogP contribution in [0.25, 0.3) is 0 Å². The molecule has 0 fully saturated rings. The summed E-state index contributed by atoms with van der Waals surface area (Å²) >= 11 is 4.77. The van der Waals surface area contributed by atoms with Crippen molar-refractivity contribution in [3.8, 4) is 5.75 Å². The summed E-state index contributed by atoms with van der Waals surface area (Å²) in [4.78, 5) is 3.89. The Hall–Kier alpha value is -2.15. The molecule has 0 bridgehead atoms. The number of H-pyrrole nitrogens is 2. The third-order valence-corrected chi connectivity index (χ3v) is 1.97. The lowest BCUT2D eigenvalue weighted by atomic mass is 10.2. The number of aromatic nitrogens is 3. The second-order valence-electron chi connectivity index (χ2n) is 2.98. The summed E-state index contributed by atoms with van der Waals surface area (Å²) in [5.41, 5.74) is 3.53. The van der Waals surface area contributed by atoms with E-state index in [4.69, 9.17) is 17.3 Å². The smallest absolute Gasteiger partial charge is 0.238 e. The van der Waals surface area contributed by atoms with Crippen LogP contribution in [-0.2, 0) is 0 Å². The average Bonchev–Trinajstić information content (AvgIpc) is 2.67. The SMILES string of the molecule is Oc1ccc(/C=N/Nc2nc(=S)[nH][nH]2)cc1. The molecule has 0 radical (unpaired) electrons. The fraction of sp³-hybridized carbons (Fsp3) is 0. The van der Waals surface area contributed by atoms with Crippen LogP contribution in [-0.4, -0.2) is 26.5 Å². The van der Waals surface area contributed by atoms with Gasteiger partial charge in [-0.25, -0.2) is 5.43 Å². The first kappa shape index (κ1) is 10.4. The number of nitrogens with one attached hydrogen (secondary N) is 3. The van der Waals surface area contributed by atoms with Crippen LogP contribution in [0.4, 0.5) is 5.95 Å². The van der Waals surface area contributed by atoms with Gasteiger partial charge < -0.3 is 5.11 Å². The van der Waals surface area contributed by atoms with Crippen molar-refractivity contribution in [2.75, 3.05) is 5.43 Å². The van der Waals surface area contributed by atoms with E-state index in [2.05, 4.69) is 25.7 Å². The zero-order valence-corrected chi connectivity index (χ0v) is 8.95. The summed E-state index contributed by atoms with van der Waals surface area (Å²) in [6, 6.07) is 6.66. The molecule has 1 aromatic heterocycles.